The first-order chi connectivity index (χ1) is 15.4. The predicted molar refractivity (Wildman–Crippen MR) is 128 cm³/mol. The van der Waals surface area contributed by atoms with Crippen molar-refractivity contribution >= 4 is 39.0 Å². The number of H-pyrrole nitrogens is 1. The van der Waals surface area contributed by atoms with Crippen LogP contribution in [0.4, 0.5) is 10.8 Å². The zero-order chi connectivity index (χ0) is 22.4. The number of aromatic nitrogens is 4. The largest absolute Gasteiger partial charge is 0.337 e. The number of pyridine rings is 1. The van der Waals surface area contributed by atoms with Gasteiger partial charge in [0.25, 0.3) is 5.91 Å². The zero-order valence-electron chi connectivity index (χ0n) is 18.7. The molecule has 4 aromatic rings. The lowest BCUT2D eigenvalue weighted by molar-refractivity contribution is 0.0786. The molecule has 4 heterocycles. The summed E-state index contributed by atoms with van der Waals surface area (Å²) >= 11 is 1.65. The van der Waals surface area contributed by atoms with Gasteiger partial charge in [-0.3, -0.25) is 14.9 Å². The highest BCUT2D eigenvalue weighted by atomic mass is 32.1. The first-order valence-corrected chi connectivity index (χ1v) is 11.6. The Morgan fingerprint density at radius 3 is 2.78 bits per heavy atom. The minimum absolute atomic E-state index is 0.0240. The molecule has 1 fully saturated rings. The van der Waals surface area contributed by atoms with Gasteiger partial charge in [-0.15, -0.1) is 11.3 Å². The van der Waals surface area contributed by atoms with Crippen LogP contribution in [0.3, 0.4) is 0 Å². The topological polar surface area (TPSA) is 86.8 Å². The lowest BCUT2D eigenvalue weighted by Crippen LogP contribution is -2.29. The molecule has 3 aromatic heterocycles. The van der Waals surface area contributed by atoms with Crippen LogP contribution >= 0.6 is 11.3 Å². The van der Waals surface area contributed by atoms with Crippen molar-refractivity contribution in [2.24, 2.45) is 0 Å². The average molecular weight is 447 g/mol. The van der Waals surface area contributed by atoms with Gasteiger partial charge in [0.15, 0.2) is 10.8 Å². The fourth-order valence-corrected chi connectivity index (χ4v) is 5.09. The SMILES string of the molecule is Cc1ccc2[nH]nc(C(=O)N3CCC(c4cc(Nc5nc(C)c(C)s5)cc(C)n4)C3)c2c1. The van der Waals surface area contributed by atoms with Crippen LogP contribution in [-0.2, 0) is 0 Å². The summed E-state index contributed by atoms with van der Waals surface area (Å²) in [7, 11) is 0. The maximum absolute atomic E-state index is 13.2. The summed E-state index contributed by atoms with van der Waals surface area (Å²) in [5.74, 6) is 0.176. The van der Waals surface area contributed by atoms with Gasteiger partial charge in [0.1, 0.15) is 0 Å². The fourth-order valence-electron chi connectivity index (χ4n) is 4.25. The van der Waals surface area contributed by atoms with Gasteiger partial charge in [0, 0.05) is 46.3 Å². The van der Waals surface area contributed by atoms with Crippen LogP contribution in [0.15, 0.2) is 30.3 Å². The molecule has 2 N–H and O–H groups in total. The number of aryl methyl sites for hydroxylation is 4. The molecular formula is C24H26N6OS. The number of carbonyl (C=O) groups is 1. The first-order valence-electron chi connectivity index (χ1n) is 10.8. The van der Waals surface area contributed by atoms with Gasteiger partial charge in [-0.25, -0.2) is 4.98 Å². The third-order valence-electron chi connectivity index (χ3n) is 6.07. The van der Waals surface area contributed by atoms with E-state index in [-0.39, 0.29) is 11.8 Å². The van der Waals surface area contributed by atoms with Crippen molar-refractivity contribution < 1.29 is 4.79 Å². The number of benzene rings is 1. The Morgan fingerprint density at radius 2 is 2.00 bits per heavy atom. The molecule has 0 radical (unpaired) electrons. The number of nitrogens with one attached hydrogen (secondary N) is 2. The van der Waals surface area contributed by atoms with Gasteiger partial charge in [0.2, 0.25) is 0 Å². The smallest absolute Gasteiger partial charge is 0.275 e. The van der Waals surface area contributed by atoms with Crippen molar-refractivity contribution in [3.63, 3.8) is 0 Å². The molecule has 0 spiro atoms. The van der Waals surface area contributed by atoms with Gasteiger partial charge in [0.05, 0.1) is 11.2 Å². The van der Waals surface area contributed by atoms with Crippen molar-refractivity contribution in [1.82, 2.24) is 25.1 Å². The molecule has 1 aliphatic heterocycles. The number of hydrogen-bond acceptors (Lipinski definition) is 6. The van der Waals surface area contributed by atoms with Crippen LogP contribution in [0.1, 0.15) is 50.3 Å². The van der Waals surface area contributed by atoms with E-state index in [9.17, 15) is 4.79 Å². The highest BCUT2D eigenvalue weighted by Gasteiger charge is 2.31. The van der Waals surface area contributed by atoms with E-state index in [1.165, 1.54) is 4.88 Å². The minimum atomic E-state index is -0.0240. The highest BCUT2D eigenvalue weighted by Crippen LogP contribution is 2.31. The number of aromatic amines is 1. The molecule has 1 saturated heterocycles. The number of nitrogens with zero attached hydrogens (tertiary/aromatic N) is 4. The van der Waals surface area contributed by atoms with Gasteiger partial charge in [-0.2, -0.15) is 5.10 Å². The van der Waals surface area contributed by atoms with Crippen molar-refractivity contribution in [1.29, 1.82) is 0 Å². The number of amides is 1. The summed E-state index contributed by atoms with van der Waals surface area (Å²) in [6.45, 7) is 9.47. The molecule has 1 unspecified atom stereocenters. The summed E-state index contributed by atoms with van der Waals surface area (Å²) in [5, 5.41) is 12.5. The Balaban J connectivity index is 1.35. The van der Waals surface area contributed by atoms with Crippen LogP contribution in [0.5, 0.6) is 0 Å². The Kier molecular flexibility index (Phi) is 5.17. The third-order valence-corrected chi connectivity index (χ3v) is 7.06. The van der Waals surface area contributed by atoms with E-state index in [0.717, 1.165) is 50.8 Å². The molecule has 0 saturated carbocycles. The number of fused-ring (bicyclic) bond motifs is 1. The van der Waals surface area contributed by atoms with E-state index in [0.29, 0.717) is 18.8 Å². The number of carbonyl (C=O) groups excluding carboxylic acids is 1. The van der Waals surface area contributed by atoms with E-state index < -0.39 is 0 Å². The second kappa shape index (κ2) is 8.02. The number of likely N-dealkylation sites (tertiary alicyclic amines) is 1. The quantitative estimate of drug-likeness (QED) is 0.460. The Labute approximate surface area is 190 Å². The monoisotopic (exact) mass is 446 g/mol. The number of rotatable bonds is 4. The van der Waals surface area contributed by atoms with E-state index in [1.807, 2.05) is 49.9 Å². The molecule has 1 atom stereocenters. The summed E-state index contributed by atoms with van der Waals surface area (Å²) in [6.07, 6.45) is 0.887. The lowest BCUT2D eigenvalue weighted by atomic mass is 10.0. The van der Waals surface area contributed by atoms with Gasteiger partial charge >= 0.3 is 0 Å². The summed E-state index contributed by atoms with van der Waals surface area (Å²) in [4.78, 5) is 25.7. The Hall–Kier alpha value is -3.26. The Morgan fingerprint density at radius 1 is 1.16 bits per heavy atom. The molecule has 0 bridgehead atoms. The van der Waals surface area contributed by atoms with Gasteiger partial charge < -0.3 is 10.2 Å². The summed E-state index contributed by atoms with van der Waals surface area (Å²) in [6, 6.07) is 10.1. The van der Waals surface area contributed by atoms with Crippen molar-refractivity contribution in [3.8, 4) is 0 Å². The van der Waals surface area contributed by atoms with Gasteiger partial charge in [-0.1, -0.05) is 11.6 Å². The molecule has 1 aromatic carbocycles. The van der Waals surface area contributed by atoms with Crippen molar-refractivity contribution in [3.05, 3.63) is 63.5 Å². The normalized spacial score (nSPS) is 16.1. The number of thiazole rings is 1. The van der Waals surface area contributed by atoms with Crippen molar-refractivity contribution in [2.45, 2.75) is 40.0 Å². The fraction of sp³-hybridized carbons (Fsp3) is 0.333. The second-order valence-electron chi connectivity index (χ2n) is 8.57. The van der Waals surface area contributed by atoms with Crippen LogP contribution in [0, 0.1) is 27.7 Å². The molecule has 7 nitrogen and oxygen atoms in total. The molecule has 1 aliphatic rings. The molecule has 8 heteroatoms. The molecule has 32 heavy (non-hydrogen) atoms. The van der Waals surface area contributed by atoms with Crippen LogP contribution in [-0.4, -0.2) is 44.1 Å². The lowest BCUT2D eigenvalue weighted by Gasteiger charge is -2.16. The van der Waals surface area contributed by atoms with Crippen LogP contribution < -0.4 is 5.32 Å². The standard InChI is InChI=1S/C24H26N6OS/c1-13-5-6-20-19(9-13)22(29-28-20)23(31)30-8-7-17(12-30)21-11-18(10-14(2)25-21)27-24-26-15(3)16(4)32-24/h5-6,9-11,17H,7-8,12H2,1-4H3,(H,28,29)(H,25,26,27). The predicted octanol–water partition coefficient (Wildman–Crippen LogP) is 5.02. The summed E-state index contributed by atoms with van der Waals surface area (Å²) in [5.41, 5.74) is 6.50. The molecule has 1 amide bonds. The van der Waals surface area contributed by atoms with Crippen molar-refractivity contribution in [2.75, 3.05) is 18.4 Å². The second-order valence-corrected chi connectivity index (χ2v) is 9.77. The Bertz CT molecular complexity index is 1300. The molecular weight excluding hydrogens is 420 g/mol. The van der Waals surface area contributed by atoms with Crippen LogP contribution in [0.25, 0.3) is 10.9 Å². The maximum atomic E-state index is 13.2. The zero-order valence-corrected chi connectivity index (χ0v) is 19.5. The summed E-state index contributed by atoms with van der Waals surface area (Å²) < 4.78 is 0. The van der Waals surface area contributed by atoms with Crippen LogP contribution in [0.2, 0.25) is 0 Å². The van der Waals surface area contributed by atoms with E-state index in [1.54, 1.807) is 11.3 Å². The molecule has 5 rings (SSSR count). The minimum Gasteiger partial charge on any atom is -0.337 e. The van der Waals surface area contributed by atoms with Gasteiger partial charge in [-0.05, 0) is 58.4 Å². The molecule has 0 aliphatic carbocycles. The average Bonchev–Trinajstić information content (AvgIpc) is 3.46. The van der Waals surface area contributed by atoms with E-state index in [4.69, 9.17) is 4.98 Å². The number of hydrogen-bond donors (Lipinski definition) is 2. The maximum Gasteiger partial charge on any atom is 0.275 e. The third kappa shape index (κ3) is 3.86. The highest BCUT2D eigenvalue weighted by molar-refractivity contribution is 7.15. The van der Waals surface area contributed by atoms with E-state index >= 15 is 0 Å². The number of anilines is 2. The van der Waals surface area contributed by atoms with E-state index in [2.05, 4.69) is 33.5 Å². The molecule has 164 valence electrons. The first kappa shape index (κ1) is 20.6.